The summed E-state index contributed by atoms with van der Waals surface area (Å²) in [7, 11) is 0. The van der Waals surface area contributed by atoms with Gasteiger partial charge in [0, 0.05) is 37.9 Å². The van der Waals surface area contributed by atoms with Crippen molar-refractivity contribution in [3.05, 3.63) is 23.2 Å². The number of piperazine rings is 1. The molecule has 1 heterocycles. The van der Waals surface area contributed by atoms with Gasteiger partial charge in [0.05, 0.1) is 17.7 Å². The molecule has 8 heteroatoms. The minimum atomic E-state index is -0.166. The van der Waals surface area contributed by atoms with Gasteiger partial charge >= 0.3 is 6.03 Å². The molecular weight excluding hydrogens is 380 g/mol. The van der Waals surface area contributed by atoms with Crippen LogP contribution in [0.4, 0.5) is 10.5 Å². The normalized spacial score (nSPS) is 18.5. The lowest BCUT2D eigenvalue weighted by Gasteiger charge is -2.37. The second-order valence-corrected chi connectivity index (χ2v) is 7.81. The van der Waals surface area contributed by atoms with Gasteiger partial charge in [-0.2, -0.15) is 0 Å². The SMILES string of the molecule is CCCOc1ccc(NC(=O)N2CCN(C(C)C(=O)NC3CC3)CC2)cc1Cl. The molecule has 3 rings (SSSR count). The average Bonchev–Trinajstić information content (AvgIpc) is 3.51. The first-order chi connectivity index (χ1) is 13.5. The van der Waals surface area contributed by atoms with Gasteiger partial charge in [-0.1, -0.05) is 18.5 Å². The summed E-state index contributed by atoms with van der Waals surface area (Å²) >= 11 is 6.22. The lowest BCUT2D eigenvalue weighted by molar-refractivity contribution is -0.126. The van der Waals surface area contributed by atoms with Gasteiger partial charge in [-0.3, -0.25) is 9.69 Å². The topological polar surface area (TPSA) is 73.9 Å². The zero-order valence-corrected chi connectivity index (χ0v) is 17.3. The van der Waals surface area contributed by atoms with E-state index in [9.17, 15) is 9.59 Å². The predicted octanol–water partition coefficient (Wildman–Crippen LogP) is 2.95. The molecule has 7 nitrogen and oxygen atoms in total. The Morgan fingerprint density at radius 2 is 1.96 bits per heavy atom. The fourth-order valence-electron chi connectivity index (χ4n) is 3.14. The van der Waals surface area contributed by atoms with Crippen molar-refractivity contribution >= 4 is 29.2 Å². The molecule has 2 aliphatic rings. The summed E-state index contributed by atoms with van der Waals surface area (Å²) in [4.78, 5) is 28.6. The van der Waals surface area contributed by atoms with Crippen LogP contribution in [0.5, 0.6) is 5.75 Å². The monoisotopic (exact) mass is 408 g/mol. The molecule has 154 valence electrons. The summed E-state index contributed by atoms with van der Waals surface area (Å²) in [6.45, 7) is 7.08. The third kappa shape index (κ3) is 5.52. The number of nitrogens with one attached hydrogen (secondary N) is 2. The number of benzene rings is 1. The largest absolute Gasteiger partial charge is 0.492 e. The Hall–Kier alpha value is -1.99. The summed E-state index contributed by atoms with van der Waals surface area (Å²) in [5.74, 6) is 0.703. The minimum absolute atomic E-state index is 0.0837. The number of carbonyl (C=O) groups excluding carboxylic acids is 2. The number of hydrogen-bond acceptors (Lipinski definition) is 4. The molecule has 1 unspecified atom stereocenters. The van der Waals surface area contributed by atoms with Gasteiger partial charge < -0.3 is 20.3 Å². The first-order valence-corrected chi connectivity index (χ1v) is 10.4. The van der Waals surface area contributed by atoms with Crippen molar-refractivity contribution in [3.8, 4) is 5.75 Å². The summed E-state index contributed by atoms with van der Waals surface area (Å²) in [6, 6.07) is 5.30. The maximum Gasteiger partial charge on any atom is 0.321 e. The molecule has 28 heavy (non-hydrogen) atoms. The molecule has 1 aliphatic carbocycles. The Labute approximate surface area is 171 Å². The lowest BCUT2D eigenvalue weighted by Crippen LogP contribution is -2.55. The van der Waals surface area contributed by atoms with Gasteiger partial charge in [-0.15, -0.1) is 0 Å². The van der Waals surface area contributed by atoms with Gasteiger partial charge in [0.1, 0.15) is 5.75 Å². The second-order valence-electron chi connectivity index (χ2n) is 7.41. The molecule has 0 radical (unpaired) electrons. The van der Waals surface area contributed by atoms with Gasteiger partial charge in [-0.05, 0) is 44.4 Å². The highest BCUT2D eigenvalue weighted by molar-refractivity contribution is 6.32. The number of anilines is 1. The average molecular weight is 409 g/mol. The first-order valence-electron chi connectivity index (χ1n) is 10.0. The first kappa shape index (κ1) is 20.7. The molecule has 1 aliphatic heterocycles. The summed E-state index contributed by atoms with van der Waals surface area (Å²) in [5, 5.41) is 6.41. The number of carbonyl (C=O) groups is 2. The number of rotatable bonds is 7. The maximum atomic E-state index is 12.5. The van der Waals surface area contributed by atoms with Crippen molar-refractivity contribution in [1.29, 1.82) is 0 Å². The zero-order chi connectivity index (χ0) is 20.1. The number of nitrogens with zero attached hydrogens (tertiary/aromatic N) is 2. The van der Waals surface area contributed by atoms with Gasteiger partial charge in [-0.25, -0.2) is 4.79 Å². The van der Waals surface area contributed by atoms with E-state index in [2.05, 4.69) is 15.5 Å². The van der Waals surface area contributed by atoms with Crippen LogP contribution in [0.25, 0.3) is 0 Å². The van der Waals surface area contributed by atoms with E-state index >= 15 is 0 Å². The molecule has 1 aromatic rings. The molecule has 0 spiro atoms. The molecule has 1 atom stereocenters. The molecule has 3 amide bonds. The second kappa shape index (κ2) is 9.47. The van der Waals surface area contributed by atoms with Gasteiger partial charge in [0.25, 0.3) is 0 Å². The summed E-state index contributed by atoms with van der Waals surface area (Å²) in [6.07, 6.45) is 3.08. The fraction of sp³-hybridized carbons (Fsp3) is 0.600. The Kier molecular flexibility index (Phi) is 7.02. The van der Waals surface area contributed by atoms with E-state index in [-0.39, 0.29) is 18.0 Å². The van der Waals surface area contributed by atoms with E-state index in [1.54, 1.807) is 23.1 Å². The Morgan fingerprint density at radius 1 is 1.25 bits per heavy atom. The van der Waals surface area contributed by atoms with E-state index < -0.39 is 0 Å². The van der Waals surface area contributed by atoms with Crippen molar-refractivity contribution in [2.75, 3.05) is 38.1 Å². The van der Waals surface area contributed by atoms with Crippen molar-refractivity contribution in [3.63, 3.8) is 0 Å². The number of halogens is 1. The maximum absolute atomic E-state index is 12.5. The van der Waals surface area contributed by atoms with E-state index in [1.165, 1.54) is 0 Å². The zero-order valence-electron chi connectivity index (χ0n) is 16.5. The van der Waals surface area contributed by atoms with E-state index in [1.807, 2.05) is 13.8 Å². The molecule has 1 saturated heterocycles. The van der Waals surface area contributed by atoms with Crippen LogP contribution in [0, 0.1) is 0 Å². The molecule has 0 aromatic heterocycles. The van der Waals surface area contributed by atoms with Crippen molar-refractivity contribution < 1.29 is 14.3 Å². The highest BCUT2D eigenvalue weighted by Crippen LogP contribution is 2.28. The standard InChI is InChI=1S/C20H29ClN4O3/c1-3-12-28-18-7-6-16(13-17(18)21)23-20(27)25-10-8-24(9-11-25)14(2)19(26)22-15-4-5-15/h6-7,13-15H,3-5,8-12H2,1-2H3,(H,22,26)(H,23,27). The highest BCUT2D eigenvalue weighted by Gasteiger charge is 2.30. The van der Waals surface area contributed by atoms with Crippen LogP contribution in [-0.2, 0) is 4.79 Å². The lowest BCUT2D eigenvalue weighted by atomic mass is 10.2. The fourth-order valence-corrected chi connectivity index (χ4v) is 3.37. The summed E-state index contributed by atoms with van der Waals surface area (Å²) < 4.78 is 5.55. The van der Waals surface area contributed by atoms with Crippen molar-refractivity contribution in [1.82, 2.24) is 15.1 Å². The molecule has 2 fully saturated rings. The number of hydrogen-bond donors (Lipinski definition) is 2. The molecule has 2 N–H and O–H groups in total. The van der Waals surface area contributed by atoms with Gasteiger partial charge in [0.15, 0.2) is 0 Å². The van der Waals surface area contributed by atoms with E-state index in [4.69, 9.17) is 16.3 Å². The number of ether oxygens (including phenoxy) is 1. The van der Waals surface area contributed by atoms with Crippen LogP contribution in [0.1, 0.15) is 33.1 Å². The third-order valence-electron chi connectivity index (χ3n) is 5.10. The number of amides is 3. The van der Waals surface area contributed by atoms with Crippen molar-refractivity contribution in [2.45, 2.75) is 45.2 Å². The van der Waals surface area contributed by atoms with E-state index in [0.717, 1.165) is 19.3 Å². The molecule has 0 bridgehead atoms. The molecular formula is C20H29ClN4O3. The molecule has 1 saturated carbocycles. The van der Waals surface area contributed by atoms with Crippen LogP contribution in [0.2, 0.25) is 5.02 Å². The van der Waals surface area contributed by atoms with Crippen LogP contribution in [-0.4, -0.2) is 66.6 Å². The van der Waals surface area contributed by atoms with Gasteiger partial charge in [0.2, 0.25) is 5.91 Å². The van der Waals surface area contributed by atoms with Crippen LogP contribution >= 0.6 is 11.6 Å². The predicted molar refractivity (Wildman–Crippen MR) is 110 cm³/mol. The van der Waals surface area contributed by atoms with Crippen LogP contribution < -0.4 is 15.4 Å². The Balaban J connectivity index is 1.47. The Morgan fingerprint density at radius 3 is 2.57 bits per heavy atom. The highest BCUT2D eigenvalue weighted by atomic mass is 35.5. The smallest absolute Gasteiger partial charge is 0.321 e. The van der Waals surface area contributed by atoms with Crippen LogP contribution in [0.3, 0.4) is 0 Å². The quantitative estimate of drug-likeness (QED) is 0.727. The minimum Gasteiger partial charge on any atom is -0.492 e. The van der Waals surface area contributed by atoms with Crippen LogP contribution in [0.15, 0.2) is 18.2 Å². The number of urea groups is 1. The van der Waals surface area contributed by atoms with E-state index in [0.29, 0.717) is 55.3 Å². The molecule has 1 aromatic carbocycles. The Bertz CT molecular complexity index is 703. The third-order valence-corrected chi connectivity index (χ3v) is 5.39. The van der Waals surface area contributed by atoms with Crippen molar-refractivity contribution in [2.24, 2.45) is 0 Å². The summed E-state index contributed by atoms with van der Waals surface area (Å²) in [5.41, 5.74) is 0.637.